The molecule has 1 aliphatic heterocycles. The number of allylic oxidation sites excluding steroid dienone is 1. The molecular formula is C22H43NO. The second-order valence-corrected chi connectivity index (χ2v) is 9.15. The molecule has 0 aromatic carbocycles. The Balaban J connectivity index is 0.000000300. The van der Waals surface area contributed by atoms with Crippen molar-refractivity contribution in [2.75, 3.05) is 19.6 Å². The van der Waals surface area contributed by atoms with Gasteiger partial charge in [0.1, 0.15) is 0 Å². The average Bonchev–Trinajstić information content (AvgIpc) is 3.31. The zero-order valence-electron chi connectivity index (χ0n) is 17.5. The molecule has 2 aliphatic rings. The number of morpholine rings is 1. The summed E-state index contributed by atoms with van der Waals surface area (Å²) in [6.07, 6.45) is 8.38. The van der Waals surface area contributed by atoms with E-state index in [9.17, 15) is 0 Å². The number of rotatable bonds is 7. The molecule has 2 rings (SSSR count). The van der Waals surface area contributed by atoms with Crippen LogP contribution in [0.5, 0.6) is 0 Å². The van der Waals surface area contributed by atoms with Gasteiger partial charge in [0.05, 0.1) is 12.2 Å². The molecule has 4 atom stereocenters. The molecule has 0 radical (unpaired) electrons. The average molecular weight is 338 g/mol. The van der Waals surface area contributed by atoms with Gasteiger partial charge >= 0.3 is 0 Å². The molecule has 0 aromatic rings. The smallest absolute Gasteiger partial charge is 0.0678 e. The molecule has 2 fully saturated rings. The SMILES string of the molecule is C=CC(C)CC(C)CN1CC(C)OC(C)C1.CCC(C)(C)C1CC1. The molecule has 0 spiro atoms. The monoisotopic (exact) mass is 337 g/mol. The van der Waals surface area contributed by atoms with E-state index in [-0.39, 0.29) is 0 Å². The summed E-state index contributed by atoms with van der Waals surface area (Å²) in [6, 6.07) is 0. The molecule has 142 valence electrons. The van der Waals surface area contributed by atoms with Crippen molar-refractivity contribution < 1.29 is 4.74 Å². The van der Waals surface area contributed by atoms with Gasteiger partial charge in [-0.25, -0.2) is 0 Å². The Morgan fingerprint density at radius 3 is 2.08 bits per heavy atom. The predicted octanol–water partition coefficient (Wildman–Crippen LogP) is 5.78. The van der Waals surface area contributed by atoms with E-state index in [4.69, 9.17) is 4.74 Å². The van der Waals surface area contributed by atoms with E-state index < -0.39 is 0 Å². The molecule has 0 aromatic heterocycles. The molecule has 2 heteroatoms. The van der Waals surface area contributed by atoms with Gasteiger partial charge in [0.25, 0.3) is 0 Å². The Morgan fingerprint density at radius 2 is 1.71 bits per heavy atom. The van der Waals surface area contributed by atoms with Gasteiger partial charge < -0.3 is 4.74 Å². The fourth-order valence-corrected chi connectivity index (χ4v) is 3.83. The van der Waals surface area contributed by atoms with Crippen molar-refractivity contribution >= 4 is 0 Å². The molecule has 4 unspecified atom stereocenters. The van der Waals surface area contributed by atoms with Crippen LogP contribution in [-0.4, -0.2) is 36.7 Å². The Bertz CT molecular complexity index is 351. The van der Waals surface area contributed by atoms with Crippen LogP contribution >= 0.6 is 0 Å². The summed E-state index contributed by atoms with van der Waals surface area (Å²) in [4.78, 5) is 2.54. The Kier molecular flexibility index (Phi) is 9.01. The van der Waals surface area contributed by atoms with E-state index in [2.05, 4.69) is 66.0 Å². The number of hydrogen-bond donors (Lipinski definition) is 0. The second kappa shape index (κ2) is 9.97. The van der Waals surface area contributed by atoms with E-state index in [1.807, 2.05) is 0 Å². The maximum absolute atomic E-state index is 5.74. The van der Waals surface area contributed by atoms with Crippen LogP contribution in [0.3, 0.4) is 0 Å². The van der Waals surface area contributed by atoms with Crippen molar-refractivity contribution in [3.8, 4) is 0 Å². The predicted molar refractivity (Wildman–Crippen MR) is 106 cm³/mol. The van der Waals surface area contributed by atoms with Crippen molar-refractivity contribution in [3.05, 3.63) is 12.7 Å². The molecule has 1 heterocycles. The van der Waals surface area contributed by atoms with Crippen molar-refractivity contribution in [1.29, 1.82) is 0 Å². The summed E-state index contributed by atoms with van der Waals surface area (Å²) < 4.78 is 5.74. The number of ether oxygens (including phenoxy) is 1. The lowest BCUT2D eigenvalue weighted by Crippen LogP contribution is -2.46. The normalized spacial score (nSPS) is 27.8. The van der Waals surface area contributed by atoms with Gasteiger partial charge in [-0.1, -0.05) is 47.1 Å². The van der Waals surface area contributed by atoms with E-state index in [0.29, 0.717) is 23.5 Å². The highest BCUT2D eigenvalue weighted by Gasteiger charge is 2.35. The fraction of sp³-hybridized carbons (Fsp3) is 0.909. The summed E-state index contributed by atoms with van der Waals surface area (Å²) in [5.74, 6) is 2.43. The summed E-state index contributed by atoms with van der Waals surface area (Å²) in [7, 11) is 0. The van der Waals surface area contributed by atoms with Gasteiger partial charge in [-0.3, -0.25) is 4.90 Å². The van der Waals surface area contributed by atoms with E-state index in [1.54, 1.807) is 0 Å². The first-order chi connectivity index (χ1) is 11.2. The van der Waals surface area contributed by atoms with E-state index in [1.165, 1.54) is 32.2 Å². The van der Waals surface area contributed by atoms with Crippen molar-refractivity contribution in [1.82, 2.24) is 4.90 Å². The lowest BCUT2D eigenvalue weighted by atomic mass is 9.85. The number of hydrogen-bond acceptors (Lipinski definition) is 2. The topological polar surface area (TPSA) is 12.5 Å². The maximum atomic E-state index is 5.74. The highest BCUT2D eigenvalue weighted by atomic mass is 16.5. The molecule has 2 nitrogen and oxygen atoms in total. The third kappa shape index (κ3) is 8.16. The minimum absolute atomic E-state index is 0.382. The summed E-state index contributed by atoms with van der Waals surface area (Å²) in [5.41, 5.74) is 0.653. The zero-order chi connectivity index (χ0) is 18.3. The molecule has 1 saturated carbocycles. The van der Waals surface area contributed by atoms with Crippen LogP contribution in [0.4, 0.5) is 0 Å². The fourth-order valence-electron chi connectivity index (χ4n) is 3.83. The maximum Gasteiger partial charge on any atom is 0.0678 e. The molecule has 1 aliphatic carbocycles. The van der Waals surface area contributed by atoms with E-state index in [0.717, 1.165) is 24.9 Å². The highest BCUT2D eigenvalue weighted by Crippen LogP contribution is 2.46. The van der Waals surface area contributed by atoms with Crippen LogP contribution in [0, 0.1) is 23.2 Å². The molecule has 24 heavy (non-hydrogen) atoms. The first kappa shape index (κ1) is 21.7. The van der Waals surface area contributed by atoms with Gasteiger partial charge in [-0.05, 0) is 56.3 Å². The largest absolute Gasteiger partial charge is 0.373 e. The van der Waals surface area contributed by atoms with Crippen molar-refractivity contribution in [3.63, 3.8) is 0 Å². The Labute approximate surface area is 152 Å². The standard InChI is InChI=1S/C14H27NO.C8H16/c1-6-11(2)7-12(3)8-15-9-13(4)16-14(5)10-15;1-4-8(2,3)7-5-6-7/h6,11-14H,1,7-10H2,2-5H3;7H,4-6H2,1-3H3. The van der Waals surface area contributed by atoms with Crippen LogP contribution in [0.1, 0.15) is 74.1 Å². The molecule has 0 amide bonds. The van der Waals surface area contributed by atoms with Crippen molar-refractivity contribution in [2.24, 2.45) is 23.2 Å². The highest BCUT2D eigenvalue weighted by molar-refractivity contribution is 4.86. The first-order valence-electron chi connectivity index (χ1n) is 10.2. The molecule has 0 N–H and O–H groups in total. The lowest BCUT2D eigenvalue weighted by Gasteiger charge is -2.36. The molecule has 0 bridgehead atoms. The third-order valence-electron chi connectivity index (χ3n) is 5.84. The van der Waals surface area contributed by atoms with Crippen LogP contribution < -0.4 is 0 Å². The minimum atomic E-state index is 0.382. The van der Waals surface area contributed by atoms with Gasteiger partial charge in [-0.2, -0.15) is 0 Å². The molecule has 1 saturated heterocycles. The van der Waals surface area contributed by atoms with Crippen molar-refractivity contribution in [2.45, 2.75) is 86.4 Å². The van der Waals surface area contributed by atoms with Gasteiger partial charge in [0.15, 0.2) is 0 Å². The van der Waals surface area contributed by atoms with Gasteiger partial charge in [0.2, 0.25) is 0 Å². The summed E-state index contributed by atoms with van der Waals surface area (Å²) in [6.45, 7) is 23.2. The minimum Gasteiger partial charge on any atom is -0.373 e. The Hall–Kier alpha value is -0.340. The third-order valence-corrected chi connectivity index (χ3v) is 5.84. The van der Waals surface area contributed by atoms with Gasteiger partial charge in [0, 0.05) is 19.6 Å². The molecular weight excluding hydrogens is 294 g/mol. The van der Waals surface area contributed by atoms with Crippen LogP contribution in [0.2, 0.25) is 0 Å². The summed E-state index contributed by atoms with van der Waals surface area (Å²) in [5, 5.41) is 0. The second-order valence-electron chi connectivity index (χ2n) is 9.15. The zero-order valence-corrected chi connectivity index (χ0v) is 17.5. The quantitative estimate of drug-likeness (QED) is 0.546. The lowest BCUT2D eigenvalue weighted by molar-refractivity contribution is -0.0713. The van der Waals surface area contributed by atoms with Crippen LogP contribution in [0.15, 0.2) is 12.7 Å². The summed E-state index contributed by atoms with van der Waals surface area (Å²) >= 11 is 0. The first-order valence-corrected chi connectivity index (χ1v) is 10.2. The van der Waals surface area contributed by atoms with Gasteiger partial charge in [-0.15, -0.1) is 6.58 Å². The van der Waals surface area contributed by atoms with Crippen LogP contribution in [0.25, 0.3) is 0 Å². The number of nitrogens with zero attached hydrogens (tertiary/aromatic N) is 1. The Morgan fingerprint density at radius 1 is 1.17 bits per heavy atom. The van der Waals surface area contributed by atoms with Crippen LogP contribution in [-0.2, 0) is 4.74 Å². The van der Waals surface area contributed by atoms with E-state index >= 15 is 0 Å².